The average molecular weight is 424 g/mol. The molecule has 9 heteroatoms. The second kappa shape index (κ2) is 8.38. The number of benzene rings is 2. The summed E-state index contributed by atoms with van der Waals surface area (Å²) < 4.78 is 64.5. The smallest absolute Gasteiger partial charge is 0.337 e. The van der Waals surface area contributed by atoms with Crippen LogP contribution in [0.1, 0.15) is 11.1 Å². The fraction of sp³-hybridized carbons (Fsp3) is 0.250. The van der Waals surface area contributed by atoms with Gasteiger partial charge in [0.05, 0.1) is 10.5 Å². The summed E-state index contributed by atoms with van der Waals surface area (Å²) >= 11 is 0. The Hall–Kier alpha value is -2.65. The highest BCUT2D eigenvalue weighted by Crippen LogP contribution is 2.30. The highest BCUT2D eigenvalue weighted by atomic mass is 32.2. The van der Waals surface area contributed by atoms with Gasteiger partial charge in [0.1, 0.15) is 0 Å². The molecule has 1 amide bonds. The maximum absolute atomic E-state index is 12.7. The number of carbonyl (C=O) groups is 1. The molecule has 1 fully saturated rings. The third kappa shape index (κ3) is 5.04. The summed E-state index contributed by atoms with van der Waals surface area (Å²) in [6.45, 7) is 0.568. The number of sulfonamides is 1. The van der Waals surface area contributed by atoms with Crippen molar-refractivity contribution in [3.63, 3.8) is 0 Å². The molecule has 0 bridgehead atoms. The van der Waals surface area contributed by atoms with Gasteiger partial charge in [0, 0.05) is 32.3 Å². The molecule has 0 atom stereocenters. The van der Waals surface area contributed by atoms with Gasteiger partial charge in [0.25, 0.3) is 0 Å². The molecule has 0 spiro atoms. The molecule has 154 valence electrons. The van der Waals surface area contributed by atoms with Gasteiger partial charge < -0.3 is 4.90 Å². The number of hydrogen-bond donors (Lipinski definition) is 0. The minimum Gasteiger partial charge on any atom is -0.337 e. The summed E-state index contributed by atoms with van der Waals surface area (Å²) in [5.74, 6) is -0.222. The zero-order valence-corrected chi connectivity index (χ0v) is 16.2. The van der Waals surface area contributed by atoms with Crippen molar-refractivity contribution in [2.45, 2.75) is 11.1 Å². The van der Waals surface area contributed by atoms with Crippen LogP contribution in [0.4, 0.5) is 13.2 Å². The predicted molar refractivity (Wildman–Crippen MR) is 102 cm³/mol. The minimum atomic E-state index is -4.53. The Morgan fingerprint density at radius 2 is 1.48 bits per heavy atom. The van der Waals surface area contributed by atoms with Gasteiger partial charge in [-0.3, -0.25) is 4.79 Å². The van der Waals surface area contributed by atoms with E-state index in [-0.39, 0.29) is 37.0 Å². The van der Waals surface area contributed by atoms with Crippen LogP contribution in [0.25, 0.3) is 6.08 Å². The molecule has 2 aromatic carbocycles. The van der Waals surface area contributed by atoms with Crippen LogP contribution in [0.15, 0.2) is 65.6 Å². The van der Waals surface area contributed by atoms with Crippen LogP contribution in [-0.2, 0) is 21.0 Å². The van der Waals surface area contributed by atoms with E-state index >= 15 is 0 Å². The molecule has 0 N–H and O–H groups in total. The second-order valence-electron chi connectivity index (χ2n) is 6.50. The number of alkyl halides is 3. The fourth-order valence-corrected chi connectivity index (χ4v) is 4.37. The Balaban J connectivity index is 1.62. The number of carbonyl (C=O) groups excluding carboxylic acids is 1. The number of piperazine rings is 1. The molecular weight excluding hydrogens is 405 g/mol. The van der Waals surface area contributed by atoms with E-state index in [9.17, 15) is 26.4 Å². The van der Waals surface area contributed by atoms with Crippen molar-refractivity contribution in [2.24, 2.45) is 0 Å². The number of hydrogen-bond acceptors (Lipinski definition) is 3. The molecule has 0 saturated carbocycles. The van der Waals surface area contributed by atoms with Crippen LogP contribution in [0, 0.1) is 0 Å². The summed E-state index contributed by atoms with van der Waals surface area (Å²) in [5, 5.41) is 0. The van der Waals surface area contributed by atoms with Gasteiger partial charge in [0.2, 0.25) is 15.9 Å². The number of amides is 1. The van der Waals surface area contributed by atoms with Crippen molar-refractivity contribution in [3.8, 4) is 0 Å². The molecule has 1 aliphatic rings. The van der Waals surface area contributed by atoms with E-state index in [1.807, 2.05) is 30.3 Å². The summed E-state index contributed by atoms with van der Waals surface area (Å²) in [4.78, 5) is 13.6. The topological polar surface area (TPSA) is 57.7 Å². The summed E-state index contributed by atoms with van der Waals surface area (Å²) in [6.07, 6.45) is -1.40. The lowest BCUT2D eigenvalue weighted by Gasteiger charge is -2.33. The van der Waals surface area contributed by atoms with Gasteiger partial charge in [-0.25, -0.2) is 8.42 Å². The van der Waals surface area contributed by atoms with E-state index < -0.39 is 21.8 Å². The Morgan fingerprint density at radius 3 is 2.03 bits per heavy atom. The average Bonchev–Trinajstić information content (AvgIpc) is 2.72. The van der Waals surface area contributed by atoms with Gasteiger partial charge in [-0.1, -0.05) is 30.3 Å². The first kappa shape index (κ1) is 21.1. The van der Waals surface area contributed by atoms with Crippen LogP contribution in [0.3, 0.4) is 0 Å². The molecular formula is C20H19F3N2O3S. The third-order valence-corrected chi connectivity index (χ3v) is 6.50. The number of nitrogens with zero attached hydrogens (tertiary/aromatic N) is 2. The zero-order chi connectivity index (χ0) is 21.1. The summed E-state index contributed by atoms with van der Waals surface area (Å²) in [7, 11) is -3.92. The Bertz CT molecular complexity index is 980. The molecule has 1 heterocycles. The summed E-state index contributed by atoms with van der Waals surface area (Å²) in [5.41, 5.74) is -0.0264. The molecule has 0 unspecified atom stereocenters. The van der Waals surface area contributed by atoms with Gasteiger partial charge in [-0.05, 0) is 35.9 Å². The normalized spacial score (nSPS) is 16.3. The number of rotatable bonds is 4. The number of halogens is 3. The van der Waals surface area contributed by atoms with E-state index in [1.54, 1.807) is 6.08 Å². The largest absolute Gasteiger partial charge is 0.416 e. The molecule has 1 aliphatic heterocycles. The predicted octanol–water partition coefficient (Wildman–Crippen LogP) is 3.25. The second-order valence-corrected chi connectivity index (χ2v) is 8.43. The first-order valence-corrected chi connectivity index (χ1v) is 10.3. The molecule has 29 heavy (non-hydrogen) atoms. The maximum atomic E-state index is 12.7. The molecule has 0 aromatic heterocycles. The monoisotopic (exact) mass is 424 g/mol. The zero-order valence-electron chi connectivity index (χ0n) is 15.3. The van der Waals surface area contributed by atoms with Crippen LogP contribution >= 0.6 is 0 Å². The molecule has 0 aliphatic carbocycles. The van der Waals surface area contributed by atoms with Gasteiger partial charge in [-0.15, -0.1) is 0 Å². The van der Waals surface area contributed by atoms with Crippen molar-refractivity contribution in [1.29, 1.82) is 0 Å². The fourth-order valence-electron chi connectivity index (χ4n) is 2.95. The van der Waals surface area contributed by atoms with E-state index in [0.29, 0.717) is 0 Å². The Labute approximate surface area is 167 Å². The summed E-state index contributed by atoms with van der Waals surface area (Å²) in [6, 6.07) is 12.7. The molecule has 2 aromatic rings. The lowest BCUT2D eigenvalue weighted by molar-refractivity contribution is -0.137. The van der Waals surface area contributed by atoms with Gasteiger partial charge in [0.15, 0.2) is 0 Å². The molecule has 3 rings (SSSR count). The van der Waals surface area contributed by atoms with E-state index in [2.05, 4.69) is 0 Å². The minimum absolute atomic E-state index is 0.0777. The van der Waals surface area contributed by atoms with Gasteiger partial charge >= 0.3 is 6.18 Å². The van der Waals surface area contributed by atoms with E-state index in [1.165, 1.54) is 15.3 Å². The van der Waals surface area contributed by atoms with Crippen LogP contribution in [-0.4, -0.2) is 49.7 Å². The van der Waals surface area contributed by atoms with Crippen molar-refractivity contribution in [3.05, 3.63) is 71.8 Å². The lowest BCUT2D eigenvalue weighted by atomic mass is 10.2. The lowest BCUT2D eigenvalue weighted by Crippen LogP contribution is -2.50. The maximum Gasteiger partial charge on any atom is 0.416 e. The highest BCUT2D eigenvalue weighted by molar-refractivity contribution is 7.89. The van der Waals surface area contributed by atoms with Crippen LogP contribution < -0.4 is 0 Å². The molecule has 1 saturated heterocycles. The van der Waals surface area contributed by atoms with Crippen molar-refractivity contribution in [1.82, 2.24) is 9.21 Å². The van der Waals surface area contributed by atoms with Crippen molar-refractivity contribution < 1.29 is 26.4 Å². The Kier molecular flexibility index (Phi) is 6.09. The first-order valence-electron chi connectivity index (χ1n) is 8.87. The Morgan fingerprint density at radius 1 is 0.897 bits per heavy atom. The van der Waals surface area contributed by atoms with Crippen LogP contribution in [0.2, 0.25) is 0 Å². The van der Waals surface area contributed by atoms with Crippen LogP contribution in [0.5, 0.6) is 0 Å². The third-order valence-electron chi connectivity index (χ3n) is 4.59. The van der Waals surface area contributed by atoms with Crippen molar-refractivity contribution in [2.75, 3.05) is 26.2 Å². The standard InChI is InChI=1S/C20H19F3N2O3S/c21-20(22,23)17-7-9-18(10-8-17)29(27,28)25-14-12-24(13-15-25)19(26)11-6-16-4-2-1-3-5-16/h1-11H,12-15H2/b11-6+. The highest BCUT2D eigenvalue weighted by Gasteiger charge is 2.33. The first-order chi connectivity index (χ1) is 13.7. The van der Waals surface area contributed by atoms with E-state index in [4.69, 9.17) is 0 Å². The SMILES string of the molecule is O=C(/C=C/c1ccccc1)N1CCN(S(=O)(=O)c2ccc(C(F)(F)F)cc2)CC1. The van der Waals surface area contributed by atoms with E-state index in [0.717, 1.165) is 29.8 Å². The molecule has 5 nitrogen and oxygen atoms in total. The van der Waals surface area contributed by atoms with Crippen molar-refractivity contribution >= 4 is 22.0 Å². The molecule has 0 radical (unpaired) electrons. The quantitative estimate of drug-likeness (QED) is 0.708. The van der Waals surface area contributed by atoms with Gasteiger partial charge in [-0.2, -0.15) is 17.5 Å².